The topological polar surface area (TPSA) is 35.2 Å². The van der Waals surface area contributed by atoms with Gasteiger partial charge in [-0.2, -0.15) is 0 Å². The van der Waals surface area contributed by atoms with E-state index >= 15 is 0 Å². The molecular formula is C16H22ClNO. The van der Waals surface area contributed by atoms with Crippen molar-refractivity contribution < 1.29 is 4.74 Å². The summed E-state index contributed by atoms with van der Waals surface area (Å²) in [5.41, 5.74) is 7.40. The van der Waals surface area contributed by atoms with Gasteiger partial charge in [0.25, 0.3) is 0 Å². The van der Waals surface area contributed by atoms with Crippen LogP contribution in [0.1, 0.15) is 57.1 Å². The summed E-state index contributed by atoms with van der Waals surface area (Å²) in [5.74, 6) is 1.75. The number of fused-ring (bicyclic) bond motifs is 1. The van der Waals surface area contributed by atoms with Crippen LogP contribution in [0.5, 0.6) is 5.75 Å². The molecule has 1 aromatic carbocycles. The normalized spacial score (nSPS) is 34.5. The van der Waals surface area contributed by atoms with Gasteiger partial charge in [-0.15, -0.1) is 0 Å². The molecule has 104 valence electrons. The number of hydrogen-bond donors (Lipinski definition) is 1. The van der Waals surface area contributed by atoms with Crippen LogP contribution in [0.25, 0.3) is 0 Å². The summed E-state index contributed by atoms with van der Waals surface area (Å²) in [6.07, 6.45) is 6.99. The minimum atomic E-state index is -0.0367. The van der Waals surface area contributed by atoms with E-state index in [-0.39, 0.29) is 11.6 Å². The number of benzene rings is 1. The summed E-state index contributed by atoms with van der Waals surface area (Å²) in [7, 11) is 0. The second-order valence-corrected chi connectivity index (χ2v) is 6.75. The van der Waals surface area contributed by atoms with Gasteiger partial charge in [0.05, 0.1) is 0 Å². The molecule has 1 saturated carbocycles. The monoisotopic (exact) mass is 279 g/mol. The van der Waals surface area contributed by atoms with E-state index in [9.17, 15) is 0 Å². The van der Waals surface area contributed by atoms with Crippen molar-refractivity contribution in [2.24, 2.45) is 11.7 Å². The molecular weight excluding hydrogens is 258 g/mol. The van der Waals surface area contributed by atoms with Crippen LogP contribution in [0.2, 0.25) is 5.02 Å². The highest BCUT2D eigenvalue weighted by molar-refractivity contribution is 6.30. The molecule has 0 radical (unpaired) electrons. The van der Waals surface area contributed by atoms with Gasteiger partial charge < -0.3 is 10.5 Å². The van der Waals surface area contributed by atoms with E-state index in [1.807, 2.05) is 18.2 Å². The molecule has 0 saturated heterocycles. The summed E-state index contributed by atoms with van der Waals surface area (Å²) in [6.45, 7) is 2.34. The third kappa shape index (κ3) is 2.61. The number of rotatable bonds is 0. The van der Waals surface area contributed by atoms with E-state index in [0.717, 1.165) is 41.5 Å². The van der Waals surface area contributed by atoms with Gasteiger partial charge in [0.15, 0.2) is 0 Å². The summed E-state index contributed by atoms with van der Waals surface area (Å²) in [5, 5.41) is 0.739. The van der Waals surface area contributed by atoms with Gasteiger partial charge in [-0.25, -0.2) is 0 Å². The van der Waals surface area contributed by atoms with Crippen molar-refractivity contribution in [1.82, 2.24) is 0 Å². The Kier molecular flexibility index (Phi) is 3.48. The molecule has 0 bridgehead atoms. The van der Waals surface area contributed by atoms with E-state index in [4.69, 9.17) is 22.1 Å². The first-order valence-electron chi connectivity index (χ1n) is 7.32. The van der Waals surface area contributed by atoms with Crippen molar-refractivity contribution >= 4 is 11.6 Å². The predicted molar refractivity (Wildman–Crippen MR) is 78.6 cm³/mol. The first kappa shape index (κ1) is 13.3. The Bertz CT molecular complexity index is 476. The second kappa shape index (κ2) is 4.99. The van der Waals surface area contributed by atoms with Gasteiger partial charge >= 0.3 is 0 Å². The van der Waals surface area contributed by atoms with Crippen LogP contribution in [0.15, 0.2) is 18.2 Å². The average molecular weight is 280 g/mol. The maximum atomic E-state index is 6.38. The maximum absolute atomic E-state index is 6.38. The van der Waals surface area contributed by atoms with Crippen LogP contribution < -0.4 is 10.5 Å². The lowest BCUT2D eigenvalue weighted by Gasteiger charge is -2.41. The average Bonchev–Trinajstić information content (AvgIpc) is 2.54. The number of hydrogen-bond acceptors (Lipinski definition) is 2. The second-order valence-electron chi connectivity index (χ2n) is 6.31. The van der Waals surface area contributed by atoms with Crippen molar-refractivity contribution in [3.8, 4) is 5.75 Å². The highest BCUT2D eigenvalue weighted by atomic mass is 35.5. The Hall–Kier alpha value is -0.730. The quantitative estimate of drug-likeness (QED) is 0.761. The number of halogens is 1. The van der Waals surface area contributed by atoms with Gasteiger partial charge in [0.2, 0.25) is 0 Å². The fraction of sp³-hybridized carbons (Fsp3) is 0.625. The van der Waals surface area contributed by atoms with E-state index in [1.165, 1.54) is 19.3 Å². The molecule has 3 heteroatoms. The highest BCUT2D eigenvalue weighted by Crippen LogP contribution is 2.45. The van der Waals surface area contributed by atoms with Crippen LogP contribution in [-0.4, -0.2) is 5.60 Å². The molecule has 3 rings (SSSR count). The molecule has 1 aromatic rings. The van der Waals surface area contributed by atoms with Crippen molar-refractivity contribution in [3.63, 3.8) is 0 Å². The van der Waals surface area contributed by atoms with Crippen molar-refractivity contribution in [2.45, 2.75) is 57.1 Å². The lowest BCUT2D eigenvalue weighted by molar-refractivity contribution is 0.0205. The highest BCUT2D eigenvalue weighted by Gasteiger charge is 2.40. The fourth-order valence-corrected chi connectivity index (χ4v) is 3.73. The van der Waals surface area contributed by atoms with Gasteiger partial charge in [-0.1, -0.05) is 24.9 Å². The van der Waals surface area contributed by atoms with E-state index < -0.39 is 0 Å². The Morgan fingerprint density at radius 1 is 1.32 bits per heavy atom. The smallest absolute Gasteiger partial charge is 0.125 e. The first-order chi connectivity index (χ1) is 9.08. The summed E-state index contributed by atoms with van der Waals surface area (Å²) < 4.78 is 6.38. The van der Waals surface area contributed by atoms with Gasteiger partial charge in [-0.3, -0.25) is 0 Å². The van der Waals surface area contributed by atoms with Crippen LogP contribution >= 0.6 is 11.6 Å². The van der Waals surface area contributed by atoms with E-state index in [2.05, 4.69) is 6.92 Å². The number of ether oxygens (including phenoxy) is 1. The van der Waals surface area contributed by atoms with Crippen LogP contribution in [0.3, 0.4) is 0 Å². The maximum Gasteiger partial charge on any atom is 0.125 e. The third-order valence-corrected chi connectivity index (χ3v) is 4.95. The fourth-order valence-electron chi connectivity index (χ4n) is 3.55. The lowest BCUT2D eigenvalue weighted by Crippen LogP contribution is -2.42. The van der Waals surface area contributed by atoms with Gasteiger partial charge in [0, 0.05) is 23.0 Å². The molecule has 2 nitrogen and oxygen atoms in total. The molecule has 2 N–H and O–H groups in total. The predicted octanol–water partition coefficient (Wildman–Crippen LogP) is 4.46. The van der Waals surface area contributed by atoms with E-state index in [1.54, 1.807) is 0 Å². The molecule has 1 spiro atoms. The molecule has 0 aromatic heterocycles. The third-order valence-electron chi connectivity index (χ3n) is 4.71. The minimum absolute atomic E-state index is 0.0367. The molecule has 3 atom stereocenters. The minimum Gasteiger partial charge on any atom is -0.487 e. The zero-order valence-corrected chi connectivity index (χ0v) is 12.2. The van der Waals surface area contributed by atoms with Crippen molar-refractivity contribution in [3.05, 3.63) is 28.8 Å². The van der Waals surface area contributed by atoms with Crippen LogP contribution in [0.4, 0.5) is 0 Å². The Morgan fingerprint density at radius 2 is 2.16 bits per heavy atom. The standard InChI is InChI=1S/C16H22ClNO/c1-11-3-2-7-16(8-6-11)10-14(18)13-9-12(17)4-5-15(13)19-16/h4-5,9,11,14H,2-3,6-8,10,18H2,1H3. The zero-order chi connectivity index (χ0) is 13.5. The Balaban J connectivity index is 1.89. The molecule has 1 aliphatic carbocycles. The largest absolute Gasteiger partial charge is 0.487 e. The van der Waals surface area contributed by atoms with Crippen LogP contribution in [-0.2, 0) is 0 Å². The van der Waals surface area contributed by atoms with Crippen molar-refractivity contribution in [2.75, 3.05) is 0 Å². The van der Waals surface area contributed by atoms with E-state index in [0.29, 0.717) is 0 Å². The molecule has 1 heterocycles. The molecule has 2 aliphatic rings. The SMILES string of the molecule is CC1CCCC2(CC1)CC(N)c1cc(Cl)ccc1O2. The number of nitrogens with two attached hydrogens (primary N) is 1. The Morgan fingerprint density at radius 3 is 3.00 bits per heavy atom. The molecule has 19 heavy (non-hydrogen) atoms. The first-order valence-corrected chi connectivity index (χ1v) is 7.70. The summed E-state index contributed by atoms with van der Waals surface area (Å²) >= 11 is 6.05. The summed E-state index contributed by atoms with van der Waals surface area (Å²) in [6, 6.07) is 5.88. The molecule has 1 aliphatic heterocycles. The Labute approximate surface area is 120 Å². The molecule has 1 fully saturated rings. The lowest BCUT2D eigenvalue weighted by atomic mass is 9.82. The van der Waals surface area contributed by atoms with Crippen LogP contribution in [0, 0.1) is 5.92 Å². The summed E-state index contributed by atoms with van der Waals surface area (Å²) in [4.78, 5) is 0. The van der Waals surface area contributed by atoms with Gasteiger partial charge in [-0.05, 0) is 49.8 Å². The van der Waals surface area contributed by atoms with Crippen molar-refractivity contribution in [1.29, 1.82) is 0 Å². The molecule has 0 amide bonds. The zero-order valence-electron chi connectivity index (χ0n) is 11.5. The molecule has 3 unspecified atom stereocenters. The van der Waals surface area contributed by atoms with Gasteiger partial charge in [0.1, 0.15) is 11.4 Å².